The van der Waals surface area contributed by atoms with Crippen molar-refractivity contribution < 1.29 is 9.13 Å². The molecule has 1 aliphatic heterocycles. The van der Waals surface area contributed by atoms with Crippen molar-refractivity contribution in [3.63, 3.8) is 0 Å². The zero-order valence-corrected chi connectivity index (χ0v) is 13.8. The van der Waals surface area contributed by atoms with Crippen molar-refractivity contribution in [1.29, 1.82) is 0 Å². The maximum Gasteiger partial charge on any atom is 0.142 e. The predicted octanol–water partition coefficient (Wildman–Crippen LogP) is 4.06. The molecule has 1 N–H and O–H groups in total. The Morgan fingerprint density at radius 1 is 1.48 bits per heavy atom. The number of hydrogen-bond donors (Lipinski definition) is 1. The van der Waals surface area contributed by atoms with Crippen molar-refractivity contribution in [2.45, 2.75) is 39.7 Å². The molecule has 1 aromatic carbocycles. The van der Waals surface area contributed by atoms with Crippen LogP contribution in [0.1, 0.15) is 32.8 Å². The SMILES string of the molecule is CC(C)CNCC1(Cc2cccc(F)c2Cl)CCOC1C. The monoisotopic (exact) mass is 313 g/mol. The van der Waals surface area contributed by atoms with Crippen LogP contribution in [0.2, 0.25) is 5.02 Å². The van der Waals surface area contributed by atoms with Crippen LogP contribution in [-0.4, -0.2) is 25.8 Å². The first-order chi connectivity index (χ1) is 9.94. The molecule has 2 unspecified atom stereocenters. The molecular weight excluding hydrogens is 289 g/mol. The number of benzene rings is 1. The Hall–Kier alpha value is -0.640. The van der Waals surface area contributed by atoms with Gasteiger partial charge in [0.2, 0.25) is 0 Å². The molecule has 1 fully saturated rings. The van der Waals surface area contributed by atoms with Gasteiger partial charge in [-0.15, -0.1) is 0 Å². The first kappa shape index (κ1) is 16.7. The minimum Gasteiger partial charge on any atom is -0.378 e. The largest absolute Gasteiger partial charge is 0.378 e. The van der Waals surface area contributed by atoms with Gasteiger partial charge in [-0.05, 0) is 43.9 Å². The average Bonchev–Trinajstić information content (AvgIpc) is 2.76. The van der Waals surface area contributed by atoms with Gasteiger partial charge in [0, 0.05) is 18.6 Å². The van der Waals surface area contributed by atoms with Crippen molar-refractivity contribution in [2.24, 2.45) is 11.3 Å². The average molecular weight is 314 g/mol. The molecule has 0 aromatic heterocycles. The van der Waals surface area contributed by atoms with Crippen LogP contribution in [-0.2, 0) is 11.2 Å². The highest BCUT2D eigenvalue weighted by atomic mass is 35.5. The quantitative estimate of drug-likeness (QED) is 0.855. The van der Waals surface area contributed by atoms with Crippen molar-refractivity contribution in [2.75, 3.05) is 19.7 Å². The van der Waals surface area contributed by atoms with E-state index in [-0.39, 0.29) is 22.4 Å². The standard InChI is InChI=1S/C17H25ClFNO/c1-12(2)10-20-11-17(7-8-21-13(17)3)9-14-5-4-6-15(19)16(14)18/h4-6,12-13,20H,7-11H2,1-3H3. The van der Waals surface area contributed by atoms with E-state index in [9.17, 15) is 4.39 Å². The van der Waals surface area contributed by atoms with E-state index in [0.29, 0.717) is 5.92 Å². The summed E-state index contributed by atoms with van der Waals surface area (Å²) in [7, 11) is 0. The van der Waals surface area contributed by atoms with E-state index in [0.717, 1.165) is 38.1 Å². The van der Waals surface area contributed by atoms with Crippen LogP contribution in [0.4, 0.5) is 4.39 Å². The minimum atomic E-state index is -0.342. The molecule has 1 saturated heterocycles. The second-order valence-electron chi connectivity index (χ2n) is 6.54. The van der Waals surface area contributed by atoms with E-state index in [1.165, 1.54) is 6.07 Å². The number of ether oxygens (including phenoxy) is 1. The van der Waals surface area contributed by atoms with Crippen LogP contribution >= 0.6 is 11.6 Å². The fourth-order valence-electron chi connectivity index (χ4n) is 3.02. The summed E-state index contributed by atoms with van der Waals surface area (Å²) in [5.41, 5.74) is 0.868. The van der Waals surface area contributed by atoms with Crippen LogP contribution in [0, 0.1) is 17.2 Å². The first-order valence-electron chi connectivity index (χ1n) is 7.70. The molecule has 0 radical (unpaired) electrons. The van der Waals surface area contributed by atoms with Gasteiger partial charge in [-0.2, -0.15) is 0 Å². The van der Waals surface area contributed by atoms with E-state index in [1.54, 1.807) is 6.07 Å². The minimum absolute atomic E-state index is 0.00762. The maximum atomic E-state index is 13.7. The number of hydrogen-bond acceptors (Lipinski definition) is 2. The summed E-state index contributed by atoms with van der Waals surface area (Å²) in [6.45, 7) is 9.11. The third kappa shape index (κ3) is 3.97. The number of halogens is 2. The van der Waals surface area contributed by atoms with E-state index in [1.807, 2.05) is 6.07 Å². The van der Waals surface area contributed by atoms with Gasteiger partial charge in [0.05, 0.1) is 11.1 Å². The van der Waals surface area contributed by atoms with E-state index in [4.69, 9.17) is 16.3 Å². The maximum absolute atomic E-state index is 13.7. The zero-order chi connectivity index (χ0) is 15.5. The Labute approximate surface area is 132 Å². The van der Waals surface area contributed by atoms with Crippen LogP contribution in [0.25, 0.3) is 0 Å². The van der Waals surface area contributed by atoms with E-state index < -0.39 is 0 Å². The van der Waals surface area contributed by atoms with Gasteiger partial charge in [0.25, 0.3) is 0 Å². The van der Waals surface area contributed by atoms with Gasteiger partial charge in [-0.25, -0.2) is 4.39 Å². The summed E-state index contributed by atoms with van der Waals surface area (Å²) in [6.07, 6.45) is 1.87. The lowest BCUT2D eigenvalue weighted by Crippen LogP contribution is -2.42. The second kappa shape index (κ2) is 7.08. The molecule has 1 aromatic rings. The number of rotatable bonds is 6. The molecular formula is C17H25ClFNO. The van der Waals surface area contributed by atoms with Crippen LogP contribution in [0.15, 0.2) is 18.2 Å². The van der Waals surface area contributed by atoms with Gasteiger partial charge in [0.1, 0.15) is 5.82 Å². The van der Waals surface area contributed by atoms with Crippen LogP contribution in [0.3, 0.4) is 0 Å². The highest BCUT2D eigenvalue weighted by molar-refractivity contribution is 6.31. The highest BCUT2D eigenvalue weighted by Gasteiger charge is 2.41. The van der Waals surface area contributed by atoms with Crippen molar-refractivity contribution in [3.05, 3.63) is 34.6 Å². The number of nitrogens with one attached hydrogen (secondary N) is 1. The highest BCUT2D eigenvalue weighted by Crippen LogP contribution is 2.39. The summed E-state index contributed by atoms with van der Waals surface area (Å²) < 4.78 is 19.4. The molecule has 1 aliphatic rings. The molecule has 21 heavy (non-hydrogen) atoms. The lowest BCUT2D eigenvalue weighted by molar-refractivity contribution is 0.0627. The zero-order valence-electron chi connectivity index (χ0n) is 13.1. The molecule has 0 aliphatic carbocycles. The van der Waals surface area contributed by atoms with Gasteiger partial charge in [-0.3, -0.25) is 0 Å². The lowest BCUT2D eigenvalue weighted by Gasteiger charge is -2.33. The molecule has 2 rings (SSSR count). The first-order valence-corrected chi connectivity index (χ1v) is 8.07. The Kier molecular flexibility index (Phi) is 5.64. The van der Waals surface area contributed by atoms with E-state index >= 15 is 0 Å². The Morgan fingerprint density at radius 2 is 2.24 bits per heavy atom. The normalized spacial score (nSPS) is 25.7. The van der Waals surface area contributed by atoms with Gasteiger partial charge in [0.15, 0.2) is 0 Å². The van der Waals surface area contributed by atoms with Crippen LogP contribution < -0.4 is 5.32 Å². The lowest BCUT2D eigenvalue weighted by atomic mass is 9.76. The topological polar surface area (TPSA) is 21.3 Å². The van der Waals surface area contributed by atoms with Crippen molar-refractivity contribution >= 4 is 11.6 Å². The molecule has 0 amide bonds. The molecule has 2 nitrogen and oxygen atoms in total. The summed E-state index contributed by atoms with van der Waals surface area (Å²) >= 11 is 6.13. The Morgan fingerprint density at radius 3 is 2.86 bits per heavy atom. The molecule has 0 saturated carbocycles. The third-order valence-electron chi connectivity index (χ3n) is 4.43. The fraction of sp³-hybridized carbons (Fsp3) is 0.647. The molecule has 1 heterocycles. The van der Waals surface area contributed by atoms with Crippen molar-refractivity contribution in [1.82, 2.24) is 5.32 Å². The Bertz CT molecular complexity index is 480. The molecule has 2 atom stereocenters. The predicted molar refractivity (Wildman–Crippen MR) is 85.3 cm³/mol. The molecule has 0 spiro atoms. The smallest absolute Gasteiger partial charge is 0.142 e. The molecule has 118 valence electrons. The van der Waals surface area contributed by atoms with Crippen LogP contribution in [0.5, 0.6) is 0 Å². The van der Waals surface area contributed by atoms with Gasteiger partial charge in [-0.1, -0.05) is 37.6 Å². The fourth-order valence-corrected chi connectivity index (χ4v) is 3.21. The molecule has 4 heteroatoms. The Balaban J connectivity index is 2.15. The summed E-state index contributed by atoms with van der Waals surface area (Å²) in [5.74, 6) is 0.267. The summed E-state index contributed by atoms with van der Waals surface area (Å²) in [4.78, 5) is 0. The van der Waals surface area contributed by atoms with E-state index in [2.05, 4.69) is 26.1 Å². The van der Waals surface area contributed by atoms with Gasteiger partial charge < -0.3 is 10.1 Å². The summed E-state index contributed by atoms with van der Waals surface area (Å²) in [5, 5.41) is 3.79. The van der Waals surface area contributed by atoms with Crippen molar-refractivity contribution in [3.8, 4) is 0 Å². The van der Waals surface area contributed by atoms with Gasteiger partial charge >= 0.3 is 0 Å². The molecule has 0 bridgehead atoms. The summed E-state index contributed by atoms with van der Waals surface area (Å²) in [6, 6.07) is 5.05. The third-order valence-corrected chi connectivity index (χ3v) is 4.86. The second-order valence-corrected chi connectivity index (χ2v) is 6.92.